The molecule has 0 bridgehead atoms. The number of imidazole rings is 1. The minimum atomic E-state index is -0.330. The highest BCUT2D eigenvalue weighted by molar-refractivity contribution is 5.99. The predicted molar refractivity (Wildman–Crippen MR) is 67.4 cm³/mol. The Labute approximate surface area is 104 Å². The fraction of sp³-hybridized carbons (Fsp3) is 0.333. The number of nitrogens with one attached hydrogen (secondary N) is 1. The van der Waals surface area contributed by atoms with Crippen LogP contribution in [0.15, 0.2) is 24.5 Å². The van der Waals surface area contributed by atoms with Crippen LogP contribution in [0, 0.1) is 0 Å². The zero-order valence-corrected chi connectivity index (χ0v) is 9.80. The zero-order valence-electron chi connectivity index (χ0n) is 9.80. The normalized spacial score (nSPS) is 19.5. The van der Waals surface area contributed by atoms with Gasteiger partial charge in [0.05, 0.1) is 24.1 Å². The molecule has 1 unspecified atom stereocenters. The molecule has 3 rings (SSSR count). The highest BCUT2D eigenvalue weighted by atomic mass is 16.6. The van der Waals surface area contributed by atoms with Crippen LogP contribution in [-0.2, 0) is 4.74 Å². The second-order valence-electron chi connectivity index (χ2n) is 4.27. The largest absolute Gasteiger partial charge is 0.444 e. The smallest absolute Gasteiger partial charge is 0.414 e. The first-order chi connectivity index (χ1) is 8.79. The lowest BCUT2D eigenvalue weighted by atomic mass is 10.2. The van der Waals surface area contributed by atoms with E-state index in [0.717, 1.165) is 16.7 Å². The maximum Gasteiger partial charge on any atom is 0.414 e. The fourth-order valence-corrected chi connectivity index (χ4v) is 2.22. The number of carbonyl (C=O) groups is 1. The molecule has 2 heterocycles. The van der Waals surface area contributed by atoms with Crippen LogP contribution in [0.5, 0.6) is 0 Å². The van der Waals surface area contributed by atoms with Gasteiger partial charge in [0.25, 0.3) is 0 Å². The Morgan fingerprint density at radius 2 is 2.44 bits per heavy atom. The third-order valence-electron chi connectivity index (χ3n) is 3.08. The Hall–Kier alpha value is -2.08. The number of para-hydroxylation sites is 1. The first kappa shape index (κ1) is 11.0. The van der Waals surface area contributed by atoms with Crippen molar-refractivity contribution < 1.29 is 9.53 Å². The third kappa shape index (κ3) is 1.70. The Balaban J connectivity index is 1.95. The molecule has 1 saturated heterocycles. The lowest BCUT2D eigenvalue weighted by Crippen LogP contribution is -2.25. The molecule has 3 N–H and O–H groups in total. The lowest BCUT2D eigenvalue weighted by molar-refractivity contribution is 0.138. The summed E-state index contributed by atoms with van der Waals surface area (Å²) in [6.07, 6.45) is 1.84. The quantitative estimate of drug-likeness (QED) is 0.853. The Kier molecular flexibility index (Phi) is 2.64. The predicted octanol–water partition coefficient (Wildman–Crippen LogP) is 1.24. The van der Waals surface area contributed by atoms with Crippen LogP contribution in [0.2, 0.25) is 0 Å². The van der Waals surface area contributed by atoms with Crippen molar-refractivity contribution in [2.24, 2.45) is 5.73 Å². The molecule has 2 aromatic rings. The number of nitrogens with zero attached hydrogens (tertiary/aromatic N) is 2. The maximum atomic E-state index is 11.9. The molecule has 1 atom stereocenters. The summed E-state index contributed by atoms with van der Waals surface area (Å²) in [5, 5.41) is 0. The van der Waals surface area contributed by atoms with Crippen molar-refractivity contribution in [3.63, 3.8) is 0 Å². The molecule has 1 aromatic heterocycles. The molecule has 0 saturated carbocycles. The molecule has 1 amide bonds. The monoisotopic (exact) mass is 246 g/mol. The molecule has 0 radical (unpaired) electrons. The van der Waals surface area contributed by atoms with Crippen LogP contribution in [0.4, 0.5) is 10.5 Å². The van der Waals surface area contributed by atoms with E-state index in [1.165, 1.54) is 0 Å². The Bertz CT molecular complexity index is 580. The van der Waals surface area contributed by atoms with Gasteiger partial charge in [-0.1, -0.05) is 6.07 Å². The number of aromatic amines is 1. The maximum absolute atomic E-state index is 11.9. The average molecular weight is 246 g/mol. The third-order valence-corrected chi connectivity index (χ3v) is 3.08. The topological polar surface area (TPSA) is 84.2 Å². The van der Waals surface area contributed by atoms with Crippen molar-refractivity contribution in [2.45, 2.75) is 12.5 Å². The van der Waals surface area contributed by atoms with Crippen LogP contribution in [0.25, 0.3) is 11.0 Å². The second kappa shape index (κ2) is 4.30. The number of fused-ring (bicyclic) bond motifs is 1. The molecular weight excluding hydrogens is 232 g/mol. The standard InChI is InChI=1S/C12H14N4O2/c13-5-4-8-6-16(12(17)18-8)10-3-1-2-9-11(10)15-7-14-9/h1-3,7-8H,4-6,13H2,(H,14,15). The summed E-state index contributed by atoms with van der Waals surface area (Å²) in [5.74, 6) is 0. The van der Waals surface area contributed by atoms with E-state index < -0.39 is 0 Å². The summed E-state index contributed by atoms with van der Waals surface area (Å²) < 4.78 is 5.26. The van der Waals surface area contributed by atoms with Crippen LogP contribution in [0.3, 0.4) is 0 Å². The molecule has 1 aromatic carbocycles. The van der Waals surface area contributed by atoms with Gasteiger partial charge >= 0.3 is 6.09 Å². The molecular formula is C12H14N4O2. The van der Waals surface area contributed by atoms with E-state index in [4.69, 9.17) is 10.5 Å². The summed E-state index contributed by atoms with van der Waals surface area (Å²) >= 11 is 0. The summed E-state index contributed by atoms with van der Waals surface area (Å²) in [6, 6.07) is 5.68. The number of ether oxygens (including phenoxy) is 1. The van der Waals surface area contributed by atoms with Gasteiger partial charge in [-0.05, 0) is 25.1 Å². The van der Waals surface area contributed by atoms with Gasteiger partial charge in [0.1, 0.15) is 11.6 Å². The van der Waals surface area contributed by atoms with Crippen LogP contribution in [-0.4, -0.2) is 35.3 Å². The van der Waals surface area contributed by atoms with Crippen molar-refractivity contribution in [3.8, 4) is 0 Å². The number of hydrogen-bond donors (Lipinski definition) is 2. The number of nitrogens with two attached hydrogens (primary N) is 1. The van der Waals surface area contributed by atoms with Crippen molar-refractivity contribution in [1.29, 1.82) is 0 Å². The minimum absolute atomic E-state index is 0.128. The number of cyclic esters (lactones) is 1. The van der Waals surface area contributed by atoms with E-state index in [9.17, 15) is 4.79 Å². The van der Waals surface area contributed by atoms with Gasteiger partial charge in [0.15, 0.2) is 0 Å². The van der Waals surface area contributed by atoms with E-state index in [2.05, 4.69) is 9.97 Å². The molecule has 18 heavy (non-hydrogen) atoms. The molecule has 6 nitrogen and oxygen atoms in total. The fourth-order valence-electron chi connectivity index (χ4n) is 2.22. The summed E-state index contributed by atoms with van der Waals surface area (Å²) in [7, 11) is 0. The number of carbonyl (C=O) groups excluding carboxylic acids is 1. The van der Waals surface area contributed by atoms with Crippen molar-refractivity contribution in [3.05, 3.63) is 24.5 Å². The van der Waals surface area contributed by atoms with Gasteiger partial charge in [-0.2, -0.15) is 0 Å². The van der Waals surface area contributed by atoms with Gasteiger partial charge in [-0.25, -0.2) is 9.78 Å². The van der Waals surface area contributed by atoms with Crippen molar-refractivity contribution >= 4 is 22.8 Å². The van der Waals surface area contributed by atoms with Crippen LogP contribution >= 0.6 is 0 Å². The van der Waals surface area contributed by atoms with Gasteiger partial charge in [0, 0.05) is 0 Å². The molecule has 1 aliphatic rings. The number of H-pyrrole nitrogens is 1. The Morgan fingerprint density at radius 1 is 1.56 bits per heavy atom. The van der Waals surface area contributed by atoms with E-state index in [1.54, 1.807) is 11.2 Å². The summed E-state index contributed by atoms with van der Waals surface area (Å²) in [6.45, 7) is 1.04. The zero-order chi connectivity index (χ0) is 12.5. The SMILES string of the molecule is NCCC1CN(c2cccc3[nH]cnc23)C(=O)O1. The van der Waals surface area contributed by atoms with E-state index >= 15 is 0 Å². The first-order valence-electron chi connectivity index (χ1n) is 5.90. The molecule has 1 fully saturated rings. The van der Waals surface area contributed by atoms with Gasteiger partial charge < -0.3 is 15.5 Å². The first-order valence-corrected chi connectivity index (χ1v) is 5.90. The molecule has 0 aliphatic carbocycles. The lowest BCUT2D eigenvalue weighted by Gasteiger charge is -2.13. The second-order valence-corrected chi connectivity index (χ2v) is 4.27. The number of aromatic nitrogens is 2. The van der Waals surface area contributed by atoms with Gasteiger partial charge in [-0.15, -0.1) is 0 Å². The van der Waals surface area contributed by atoms with Crippen molar-refractivity contribution in [2.75, 3.05) is 18.0 Å². The number of benzene rings is 1. The number of anilines is 1. The van der Waals surface area contributed by atoms with Gasteiger partial charge in [-0.3, -0.25) is 4.90 Å². The van der Waals surface area contributed by atoms with Gasteiger partial charge in [0.2, 0.25) is 0 Å². The van der Waals surface area contributed by atoms with Crippen molar-refractivity contribution in [1.82, 2.24) is 9.97 Å². The van der Waals surface area contributed by atoms with Crippen LogP contribution in [0.1, 0.15) is 6.42 Å². The highest BCUT2D eigenvalue weighted by Gasteiger charge is 2.32. The summed E-state index contributed by atoms with van der Waals surface area (Å²) in [5.41, 5.74) is 7.95. The molecule has 0 spiro atoms. The summed E-state index contributed by atoms with van der Waals surface area (Å²) in [4.78, 5) is 20.7. The molecule has 1 aliphatic heterocycles. The van der Waals surface area contributed by atoms with E-state index in [1.807, 2.05) is 18.2 Å². The number of hydrogen-bond acceptors (Lipinski definition) is 4. The minimum Gasteiger partial charge on any atom is -0.444 e. The molecule has 94 valence electrons. The number of amides is 1. The van der Waals surface area contributed by atoms with E-state index in [0.29, 0.717) is 19.5 Å². The van der Waals surface area contributed by atoms with E-state index in [-0.39, 0.29) is 12.2 Å². The Morgan fingerprint density at radius 3 is 3.28 bits per heavy atom. The average Bonchev–Trinajstić information content (AvgIpc) is 2.95. The molecule has 6 heteroatoms. The number of rotatable bonds is 3. The highest BCUT2D eigenvalue weighted by Crippen LogP contribution is 2.28. The van der Waals surface area contributed by atoms with Crippen LogP contribution < -0.4 is 10.6 Å².